The highest BCUT2D eigenvalue weighted by molar-refractivity contribution is 6.06. The molecule has 5 heteroatoms. The molecule has 5 nitrogen and oxygen atoms in total. The van der Waals surface area contributed by atoms with Crippen LogP contribution in [0.5, 0.6) is 0 Å². The van der Waals surface area contributed by atoms with Gasteiger partial charge in [0.05, 0.1) is 17.1 Å². The molecule has 2 aliphatic carbocycles. The van der Waals surface area contributed by atoms with Gasteiger partial charge in [0.25, 0.3) is 0 Å². The van der Waals surface area contributed by atoms with Crippen LogP contribution in [0.3, 0.4) is 0 Å². The molecular weight excluding hydrogens is 248 g/mol. The number of hydrogen-bond acceptors (Lipinski definition) is 5. The fourth-order valence-corrected chi connectivity index (χ4v) is 3.89. The molecule has 3 aliphatic rings. The Morgan fingerprint density at radius 1 is 1.53 bits per heavy atom. The lowest BCUT2D eigenvalue weighted by atomic mass is 9.75. The molecule has 4 atom stereocenters. The van der Waals surface area contributed by atoms with Crippen molar-refractivity contribution < 1.29 is 24.5 Å². The fraction of sp³-hybridized carbons (Fsp3) is 0.714. The number of carbonyl (C=O) groups excluding carboxylic acids is 2. The molecule has 1 saturated carbocycles. The summed E-state index contributed by atoms with van der Waals surface area (Å²) in [4.78, 5) is 23.6. The minimum absolute atomic E-state index is 0.0425. The van der Waals surface area contributed by atoms with E-state index in [0.717, 1.165) is 0 Å². The van der Waals surface area contributed by atoms with E-state index in [1.807, 2.05) is 13.8 Å². The summed E-state index contributed by atoms with van der Waals surface area (Å²) >= 11 is 0. The van der Waals surface area contributed by atoms with Gasteiger partial charge in [0.15, 0.2) is 0 Å². The average molecular weight is 266 g/mol. The molecule has 0 amide bonds. The van der Waals surface area contributed by atoms with Crippen LogP contribution in [0.15, 0.2) is 11.6 Å². The minimum atomic E-state index is -1.99. The lowest BCUT2D eigenvalue weighted by Crippen LogP contribution is -2.56. The second-order valence-electron chi connectivity index (χ2n) is 6.49. The zero-order chi connectivity index (χ0) is 14.2. The first kappa shape index (κ1) is 13.0. The topological polar surface area (TPSA) is 83.8 Å². The summed E-state index contributed by atoms with van der Waals surface area (Å²) < 4.78 is 5.58. The Labute approximate surface area is 111 Å². The van der Waals surface area contributed by atoms with Crippen molar-refractivity contribution in [3.8, 4) is 0 Å². The van der Waals surface area contributed by atoms with Crippen LogP contribution in [0.1, 0.15) is 33.6 Å². The zero-order valence-electron chi connectivity index (χ0n) is 11.3. The van der Waals surface area contributed by atoms with Gasteiger partial charge in [0.1, 0.15) is 5.78 Å². The van der Waals surface area contributed by atoms with Crippen molar-refractivity contribution in [1.82, 2.24) is 0 Å². The standard InChI is InChI=1S/C14H18O5/c1-7(15)4-8-5-10(16)13-6-9(13)12(2,3)19-14(13,18)11(8)17/h5,9-10,16,18H,4,6H2,1-3H3/t9-,10-,13-,14+/m0/s1. The number of carbonyl (C=O) groups is 2. The molecule has 2 N–H and O–H groups in total. The zero-order valence-corrected chi connectivity index (χ0v) is 11.3. The number of aliphatic hydroxyl groups is 2. The largest absolute Gasteiger partial charge is 0.388 e. The molecule has 1 saturated heterocycles. The maximum Gasteiger partial charge on any atom is 0.240 e. The Morgan fingerprint density at radius 3 is 2.68 bits per heavy atom. The Kier molecular flexibility index (Phi) is 2.28. The second kappa shape index (κ2) is 3.34. The van der Waals surface area contributed by atoms with E-state index in [0.29, 0.717) is 6.42 Å². The summed E-state index contributed by atoms with van der Waals surface area (Å²) in [6.07, 6.45) is 0.954. The van der Waals surface area contributed by atoms with Gasteiger partial charge in [-0.1, -0.05) is 0 Å². The van der Waals surface area contributed by atoms with Crippen LogP contribution in [-0.2, 0) is 14.3 Å². The van der Waals surface area contributed by atoms with Gasteiger partial charge in [0.2, 0.25) is 11.6 Å². The second-order valence-corrected chi connectivity index (χ2v) is 6.49. The van der Waals surface area contributed by atoms with Gasteiger partial charge < -0.3 is 14.9 Å². The molecule has 0 unspecified atom stereocenters. The van der Waals surface area contributed by atoms with E-state index in [9.17, 15) is 19.8 Å². The van der Waals surface area contributed by atoms with Gasteiger partial charge in [-0.25, -0.2) is 0 Å². The number of ether oxygens (including phenoxy) is 1. The van der Waals surface area contributed by atoms with Gasteiger partial charge in [-0.2, -0.15) is 0 Å². The van der Waals surface area contributed by atoms with E-state index < -0.39 is 28.7 Å². The Bertz CT molecular complexity index is 520. The molecule has 0 aromatic carbocycles. The summed E-state index contributed by atoms with van der Waals surface area (Å²) in [5, 5.41) is 21.0. The minimum Gasteiger partial charge on any atom is -0.388 e. The third kappa shape index (κ3) is 1.35. The van der Waals surface area contributed by atoms with Crippen LogP contribution in [0.4, 0.5) is 0 Å². The van der Waals surface area contributed by atoms with Crippen LogP contribution in [0.2, 0.25) is 0 Å². The van der Waals surface area contributed by atoms with Crippen molar-refractivity contribution in [1.29, 1.82) is 0 Å². The number of hydrogen-bond donors (Lipinski definition) is 2. The van der Waals surface area contributed by atoms with Gasteiger partial charge in [-0.15, -0.1) is 0 Å². The van der Waals surface area contributed by atoms with E-state index in [4.69, 9.17) is 4.74 Å². The van der Waals surface area contributed by atoms with Gasteiger partial charge >= 0.3 is 0 Å². The van der Waals surface area contributed by atoms with E-state index in [2.05, 4.69) is 0 Å². The Hall–Kier alpha value is -1.04. The Balaban J connectivity index is 2.05. The molecular formula is C14H18O5. The van der Waals surface area contributed by atoms with E-state index in [-0.39, 0.29) is 23.7 Å². The first-order chi connectivity index (χ1) is 8.65. The third-order valence-electron chi connectivity index (χ3n) is 4.81. The van der Waals surface area contributed by atoms with E-state index in [1.54, 1.807) is 0 Å². The molecule has 1 aliphatic heterocycles. The fourth-order valence-electron chi connectivity index (χ4n) is 3.89. The molecule has 3 rings (SSSR count). The summed E-state index contributed by atoms with van der Waals surface area (Å²) in [6.45, 7) is 5.00. The summed E-state index contributed by atoms with van der Waals surface area (Å²) in [5.74, 6) is -2.78. The van der Waals surface area contributed by atoms with E-state index >= 15 is 0 Å². The van der Waals surface area contributed by atoms with Crippen molar-refractivity contribution >= 4 is 11.6 Å². The summed E-state index contributed by atoms with van der Waals surface area (Å²) in [7, 11) is 0. The van der Waals surface area contributed by atoms with Crippen LogP contribution in [0, 0.1) is 11.3 Å². The van der Waals surface area contributed by atoms with E-state index in [1.165, 1.54) is 13.0 Å². The van der Waals surface area contributed by atoms with Crippen molar-refractivity contribution in [2.24, 2.45) is 11.3 Å². The predicted molar refractivity (Wildman–Crippen MR) is 65.0 cm³/mol. The monoisotopic (exact) mass is 266 g/mol. The predicted octanol–water partition coefficient (Wildman–Crippen LogP) is 0.339. The van der Waals surface area contributed by atoms with Crippen LogP contribution in [-0.4, -0.2) is 39.3 Å². The van der Waals surface area contributed by atoms with Crippen molar-refractivity contribution in [2.45, 2.75) is 51.1 Å². The lowest BCUT2D eigenvalue weighted by molar-refractivity contribution is -0.250. The number of aliphatic hydroxyl groups excluding tert-OH is 1. The Morgan fingerprint density at radius 2 is 2.16 bits per heavy atom. The molecule has 1 heterocycles. The van der Waals surface area contributed by atoms with Crippen molar-refractivity contribution in [3.05, 3.63) is 11.6 Å². The molecule has 1 spiro atoms. The molecule has 0 aromatic rings. The number of rotatable bonds is 2. The van der Waals surface area contributed by atoms with Crippen LogP contribution < -0.4 is 0 Å². The van der Waals surface area contributed by atoms with Gasteiger partial charge in [0, 0.05) is 17.9 Å². The molecule has 0 aromatic heterocycles. The highest BCUT2D eigenvalue weighted by Gasteiger charge is 2.84. The number of ketones is 2. The highest BCUT2D eigenvalue weighted by Crippen LogP contribution is 2.74. The molecule has 0 bridgehead atoms. The first-order valence-corrected chi connectivity index (χ1v) is 6.51. The summed E-state index contributed by atoms with van der Waals surface area (Å²) in [6, 6.07) is 0. The SMILES string of the molecule is CC(=O)CC1=C[C@H](O)[C@]23C[C@H]2C(C)(C)O[C@]3(O)C1=O. The maximum absolute atomic E-state index is 12.4. The molecule has 104 valence electrons. The van der Waals surface area contributed by atoms with Gasteiger partial charge in [-0.3, -0.25) is 9.59 Å². The average Bonchev–Trinajstić information content (AvgIpc) is 2.97. The first-order valence-electron chi connectivity index (χ1n) is 6.51. The normalized spacial score (nSPS) is 46.4. The molecule has 19 heavy (non-hydrogen) atoms. The number of Topliss-reactive ketones (excluding diaryl/α,β-unsaturated/α-hetero) is 2. The van der Waals surface area contributed by atoms with Crippen molar-refractivity contribution in [3.63, 3.8) is 0 Å². The third-order valence-corrected chi connectivity index (χ3v) is 4.81. The molecule has 2 fully saturated rings. The smallest absolute Gasteiger partial charge is 0.240 e. The lowest BCUT2D eigenvalue weighted by Gasteiger charge is -2.38. The highest BCUT2D eigenvalue weighted by atomic mass is 16.7. The summed E-state index contributed by atoms with van der Waals surface area (Å²) in [5.41, 5.74) is -1.42. The van der Waals surface area contributed by atoms with Crippen LogP contribution in [0.25, 0.3) is 0 Å². The molecule has 0 radical (unpaired) electrons. The van der Waals surface area contributed by atoms with Gasteiger partial charge in [-0.05, 0) is 33.3 Å². The quantitative estimate of drug-likeness (QED) is 0.753. The maximum atomic E-state index is 12.4. The van der Waals surface area contributed by atoms with Crippen molar-refractivity contribution in [2.75, 3.05) is 0 Å². The van der Waals surface area contributed by atoms with Crippen LogP contribution >= 0.6 is 0 Å².